The number of nitrogens with one attached hydrogen (secondary N) is 1. The number of imide groups is 1. The first-order chi connectivity index (χ1) is 9.16. The summed E-state index contributed by atoms with van der Waals surface area (Å²) in [6.45, 7) is 0. The van der Waals surface area contributed by atoms with Crippen molar-refractivity contribution in [1.29, 1.82) is 0 Å². The predicted molar refractivity (Wildman–Crippen MR) is 69.3 cm³/mol. The van der Waals surface area contributed by atoms with Crippen molar-refractivity contribution in [2.45, 2.75) is 44.2 Å². The number of anilines is 1. The molecular formula is C13H18N4O2. The van der Waals surface area contributed by atoms with Crippen molar-refractivity contribution in [2.75, 3.05) is 5.32 Å². The SMILES string of the molecule is Cn1nccc1NC1CC(=O)N(C2CCCC2)C1=O. The van der Waals surface area contributed by atoms with E-state index in [0.29, 0.717) is 0 Å². The quantitative estimate of drug-likeness (QED) is 0.822. The average Bonchev–Trinajstić information content (AvgIpc) is 3.05. The Hall–Kier alpha value is -1.85. The average molecular weight is 262 g/mol. The van der Waals surface area contributed by atoms with Crippen LogP contribution in [0.1, 0.15) is 32.1 Å². The topological polar surface area (TPSA) is 67.2 Å². The molecule has 1 aromatic rings. The lowest BCUT2D eigenvalue weighted by molar-refractivity contribution is -0.141. The van der Waals surface area contributed by atoms with Crippen molar-refractivity contribution in [2.24, 2.45) is 7.05 Å². The number of rotatable bonds is 3. The summed E-state index contributed by atoms with van der Waals surface area (Å²) in [5.74, 6) is 0.633. The maximum atomic E-state index is 12.4. The molecule has 6 nitrogen and oxygen atoms in total. The number of nitrogens with zero attached hydrogens (tertiary/aromatic N) is 3. The van der Waals surface area contributed by atoms with E-state index >= 15 is 0 Å². The van der Waals surface area contributed by atoms with Crippen LogP contribution in [0.2, 0.25) is 0 Å². The zero-order chi connectivity index (χ0) is 13.4. The van der Waals surface area contributed by atoms with Crippen LogP contribution in [0.15, 0.2) is 12.3 Å². The Morgan fingerprint density at radius 3 is 2.68 bits per heavy atom. The molecule has 0 aromatic carbocycles. The fourth-order valence-electron chi connectivity index (χ4n) is 3.00. The van der Waals surface area contributed by atoms with Gasteiger partial charge in [-0.1, -0.05) is 12.8 Å². The number of aromatic nitrogens is 2. The molecule has 19 heavy (non-hydrogen) atoms. The van der Waals surface area contributed by atoms with Crippen molar-refractivity contribution < 1.29 is 9.59 Å². The molecule has 1 aromatic heterocycles. The molecule has 1 aliphatic carbocycles. The third-order valence-electron chi connectivity index (χ3n) is 4.02. The molecule has 0 spiro atoms. The summed E-state index contributed by atoms with van der Waals surface area (Å²) in [6.07, 6.45) is 6.05. The lowest BCUT2D eigenvalue weighted by Gasteiger charge is -2.22. The largest absolute Gasteiger partial charge is 0.358 e. The lowest BCUT2D eigenvalue weighted by atomic mass is 10.2. The minimum atomic E-state index is -0.441. The molecule has 1 N–H and O–H groups in total. The molecule has 1 saturated heterocycles. The van der Waals surface area contributed by atoms with Crippen LogP contribution in [0.25, 0.3) is 0 Å². The van der Waals surface area contributed by atoms with Crippen LogP contribution >= 0.6 is 0 Å². The highest BCUT2D eigenvalue weighted by Crippen LogP contribution is 2.29. The van der Waals surface area contributed by atoms with E-state index in [9.17, 15) is 9.59 Å². The summed E-state index contributed by atoms with van der Waals surface area (Å²) in [6, 6.07) is 1.48. The second-order valence-electron chi connectivity index (χ2n) is 5.28. The highest BCUT2D eigenvalue weighted by atomic mass is 16.2. The number of carbonyl (C=O) groups excluding carboxylic acids is 2. The van der Waals surface area contributed by atoms with Gasteiger partial charge in [0.15, 0.2) is 0 Å². The van der Waals surface area contributed by atoms with Crippen LogP contribution in [-0.2, 0) is 16.6 Å². The van der Waals surface area contributed by atoms with E-state index in [0.717, 1.165) is 31.5 Å². The van der Waals surface area contributed by atoms with Gasteiger partial charge in [-0.3, -0.25) is 19.2 Å². The van der Waals surface area contributed by atoms with Gasteiger partial charge in [0.05, 0.1) is 12.6 Å². The third-order valence-corrected chi connectivity index (χ3v) is 4.02. The van der Waals surface area contributed by atoms with E-state index in [-0.39, 0.29) is 24.3 Å². The molecule has 2 fully saturated rings. The molecule has 2 amide bonds. The van der Waals surface area contributed by atoms with Crippen LogP contribution in [-0.4, -0.2) is 38.6 Å². The van der Waals surface area contributed by atoms with Crippen LogP contribution in [0.4, 0.5) is 5.82 Å². The summed E-state index contributed by atoms with van der Waals surface area (Å²) in [5.41, 5.74) is 0. The van der Waals surface area contributed by atoms with Crippen molar-refractivity contribution in [3.05, 3.63) is 12.3 Å². The fraction of sp³-hybridized carbons (Fsp3) is 0.615. The molecule has 1 aliphatic heterocycles. The Balaban J connectivity index is 1.73. The summed E-state index contributed by atoms with van der Waals surface area (Å²) < 4.78 is 1.66. The van der Waals surface area contributed by atoms with Crippen LogP contribution in [0.3, 0.4) is 0 Å². The molecule has 1 atom stereocenters. The number of likely N-dealkylation sites (tertiary alicyclic amines) is 1. The van der Waals surface area contributed by atoms with Crippen molar-refractivity contribution in [3.63, 3.8) is 0 Å². The number of carbonyl (C=O) groups is 2. The third kappa shape index (κ3) is 2.11. The number of hydrogen-bond acceptors (Lipinski definition) is 4. The monoisotopic (exact) mass is 262 g/mol. The summed E-state index contributed by atoms with van der Waals surface area (Å²) in [5, 5.41) is 7.15. The second kappa shape index (κ2) is 4.68. The predicted octanol–water partition coefficient (Wildman–Crippen LogP) is 0.902. The van der Waals surface area contributed by atoms with Gasteiger partial charge < -0.3 is 5.32 Å². The number of hydrogen-bond donors (Lipinski definition) is 1. The minimum Gasteiger partial charge on any atom is -0.358 e. The van der Waals surface area contributed by atoms with Gasteiger partial charge >= 0.3 is 0 Å². The van der Waals surface area contributed by atoms with E-state index in [1.54, 1.807) is 24.0 Å². The Morgan fingerprint density at radius 2 is 2.05 bits per heavy atom. The van der Waals surface area contributed by atoms with Gasteiger partial charge in [0, 0.05) is 19.2 Å². The number of amides is 2. The van der Waals surface area contributed by atoms with Gasteiger partial charge in [-0.2, -0.15) is 5.10 Å². The van der Waals surface area contributed by atoms with E-state index in [2.05, 4.69) is 10.4 Å². The molecule has 1 saturated carbocycles. The fourth-order valence-corrected chi connectivity index (χ4v) is 3.00. The van der Waals surface area contributed by atoms with E-state index in [1.165, 1.54) is 4.90 Å². The number of aryl methyl sites for hydroxylation is 1. The Labute approximate surface area is 111 Å². The van der Waals surface area contributed by atoms with Crippen LogP contribution in [0.5, 0.6) is 0 Å². The summed E-state index contributed by atoms with van der Waals surface area (Å²) in [4.78, 5) is 25.9. The maximum Gasteiger partial charge on any atom is 0.252 e. The van der Waals surface area contributed by atoms with Crippen molar-refractivity contribution in [3.8, 4) is 0 Å². The molecule has 6 heteroatoms. The molecule has 2 aliphatic rings. The van der Waals surface area contributed by atoms with Gasteiger partial charge in [-0.15, -0.1) is 0 Å². The molecule has 102 valence electrons. The first kappa shape index (κ1) is 12.2. The molecule has 1 unspecified atom stereocenters. The molecule has 0 bridgehead atoms. The van der Waals surface area contributed by atoms with Crippen LogP contribution < -0.4 is 5.32 Å². The van der Waals surface area contributed by atoms with Crippen molar-refractivity contribution >= 4 is 17.6 Å². The summed E-state index contributed by atoms with van der Waals surface area (Å²) >= 11 is 0. The van der Waals surface area contributed by atoms with Crippen LogP contribution in [0, 0.1) is 0 Å². The van der Waals surface area contributed by atoms with E-state index in [4.69, 9.17) is 0 Å². The Kier molecular flexibility index (Phi) is 3.00. The zero-order valence-electron chi connectivity index (χ0n) is 11.0. The Bertz CT molecular complexity index is 504. The second-order valence-corrected chi connectivity index (χ2v) is 5.28. The zero-order valence-corrected chi connectivity index (χ0v) is 11.0. The first-order valence-corrected chi connectivity index (χ1v) is 6.77. The molecule has 3 rings (SSSR count). The first-order valence-electron chi connectivity index (χ1n) is 6.77. The van der Waals surface area contributed by atoms with E-state index in [1.807, 2.05) is 0 Å². The molecular weight excluding hydrogens is 244 g/mol. The van der Waals surface area contributed by atoms with Crippen molar-refractivity contribution in [1.82, 2.24) is 14.7 Å². The van der Waals surface area contributed by atoms with Gasteiger partial charge in [-0.05, 0) is 12.8 Å². The van der Waals surface area contributed by atoms with Gasteiger partial charge in [-0.25, -0.2) is 0 Å². The maximum absolute atomic E-state index is 12.4. The highest BCUT2D eigenvalue weighted by Gasteiger charge is 2.43. The van der Waals surface area contributed by atoms with Gasteiger partial charge in [0.2, 0.25) is 5.91 Å². The van der Waals surface area contributed by atoms with Gasteiger partial charge in [0.1, 0.15) is 11.9 Å². The molecule has 2 heterocycles. The summed E-state index contributed by atoms with van der Waals surface area (Å²) in [7, 11) is 1.80. The standard InChI is InChI=1S/C13H18N4O2/c1-16-11(6-7-14-16)15-10-8-12(18)17(13(10)19)9-4-2-3-5-9/h6-7,9-10,15H,2-5,8H2,1H3. The Morgan fingerprint density at radius 1 is 1.32 bits per heavy atom. The van der Waals surface area contributed by atoms with Gasteiger partial charge in [0.25, 0.3) is 5.91 Å². The van der Waals surface area contributed by atoms with E-state index < -0.39 is 6.04 Å². The lowest BCUT2D eigenvalue weighted by Crippen LogP contribution is -2.41. The smallest absolute Gasteiger partial charge is 0.252 e. The highest BCUT2D eigenvalue weighted by molar-refractivity contribution is 6.07. The normalized spacial score (nSPS) is 24.5. The minimum absolute atomic E-state index is 0.0448. The molecule has 0 radical (unpaired) electrons.